The summed E-state index contributed by atoms with van der Waals surface area (Å²) in [5.74, 6) is 0.895. The third-order valence-electron chi connectivity index (χ3n) is 2.06. The van der Waals surface area contributed by atoms with Gasteiger partial charge in [-0.2, -0.15) is 11.8 Å². The molecule has 0 aliphatic carbocycles. The molecule has 1 atom stereocenters. The summed E-state index contributed by atoms with van der Waals surface area (Å²) in [5, 5.41) is 0. The van der Waals surface area contributed by atoms with E-state index in [9.17, 15) is 4.79 Å². The van der Waals surface area contributed by atoms with Crippen molar-refractivity contribution in [3.63, 3.8) is 0 Å². The van der Waals surface area contributed by atoms with Gasteiger partial charge in [0.2, 0.25) is 0 Å². The van der Waals surface area contributed by atoms with Crippen LogP contribution >= 0.6 is 11.8 Å². The van der Waals surface area contributed by atoms with Crippen molar-refractivity contribution in [2.75, 3.05) is 32.7 Å². The molecule has 4 heteroatoms. The Hall–Kier alpha value is -0.220. The number of nitrogens with zero attached hydrogens (tertiary/aromatic N) is 1. The second kappa shape index (κ2) is 7.21. The molecule has 0 radical (unpaired) electrons. The smallest absolute Gasteiger partial charge is 0.319 e. The molecule has 78 valence electrons. The molecular weight excluding hydrogens is 186 g/mol. The van der Waals surface area contributed by atoms with Crippen LogP contribution in [0.15, 0.2) is 0 Å². The molecule has 0 saturated carbocycles. The molecule has 0 heterocycles. The van der Waals surface area contributed by atoms with Crippen LogP contribution in [0.5, 0.6) is 0 Å². The summed E-state index contributed by atoms with van der Waals surface area (Å²) in [6, 6.07) is 0.467. The maximum Gasteiger partial charge on any atom is 0.319 e. The van der Waals surface area contributed by atoms with Crippen molar-refractivity contribution < 1.29 is 9.53 Å². The lowest BCUT2D eigenvalue weighted by molar-refractivity contribution is -0.142. The first-order valence-corrected chi connectivity index (χ1v) is 5.81. The molecule has 0 fully saturated rings. The summed E-state index contributed by atoms with van der Waals surface area (Å²) in [7, 11) is 3.38. The molecule has 13 heavy (non-hydrogen) atoms. The van der Waals surface area contributed by atoms with Crippen LogP contribution in [-0.4, -0.2) is 49.6 Å². The summed E-state index contributed by atoms with van der Waals surface area (Å²) in [6.07, 6.45) is 3.14. The highest BCUT2D eigenvalue weighted by molar-refractivity contribution is 7.98. The van der Waals surface area contributed by atoms with E-state index in [-0.39, 0.29) is 5.97 Å². The van der Waals surface area contributed by atoms with E-state index >= 15 is 0 Å². The molecule has 0 aromatic rings. The van der Waals surface area contributed by atoms with Gasteiger partial charge in [0, 0.05) is 11.8 Å². The van der Waals surface area contributed by atoms with Crippen molar-refractivity contribution in [1.29, 1.82) is 0 Å². The van der Waals surface area contributed by atoms with Gasteiger partial charge in [-0.3, -0.25) is 9.69 Å². The summed E-state index contributed by atoms with van der Waals surface area (Å²) in [6.45, 7) is 2.52. The minimum absolute atomic E-state index is 0.165. The lowest BCUT2D eigenvalue weighted by Crippen LogP contribution is -2.37. The molecule has 1 unspecified atom stereocenters. The number of likely N-dealkylation sites (N-methyl/N-ethyl adjacent to an activating group) is 1. The average Bonchev–Trinajstić information content (AvgIpc) is 2.13. The Balaban J connectivity index is 3.89. The first kappa shape index (κ1) is 12.8. The van der Waals surface area contributed by atoms with Crippen LogP contribution in [0.3, 0.4) is 0 Å². The van der Waals surface area contributed by atoms with Crippen LogP contribution in [0.4, 0.5) is 0 Å². The van der Waals surface area contributed by atoms with Gasteiger partial charge in [-0.15, -0.1) is 0 Å². The third-order valence-corrected chi connectivity index (χ3v) is 2.78. The highest BCUT2D eigenvalue weighted by atomic mass is 32.2. The van der Waals surface area contributed by atoms with Crippen molar-refractivity contribution in [3.8, 4) is 0 Å². The van der Waals surface area contributed by atoms with Gasteiger partial charge in [-0.05, 0) is 19.7 Å². The summed E-state index contributed by atoms with van der Waals surface area (Å²) in [5.41, 5.74) is 0. The maximum atomic E-state index is 11.0. The molecule has 0 spiro atoms. The predicted octanol–water partition coefficient (Wildman–Crippen LogP) is 1.23. The Bertz CT molecular complexity index is 153. The van der Waals surface area contributed by atoms with Crippen LogP contribution in [-0.2, 0) is 9.53 Å². The van der Waals surface area contributed by atoms with Gasteiger partial charge in [0.25, 0.3) is 0 Å². The molecule has 0 aliphatic rings. The second-order valence-electron chi connectivity index (χ2n) is 3.01. The Morgan fingerprint density at radius 2 is 2.23 bits per heavy atom. The van der Waals surface area contributed by atoms with Crippen molar-refractivity contribution in [2.45, 2.75) is 19.4 Å². The Morgan fingerprint density at radius 3 is 2.62 bits per heavy atom. The van der Waals surface area contributed by atoms with E-state index in [2.05, 4.69) is 17.9 Å². The van der Waals surface area contributed by atoms with Gasteiger partial charge >= 0.3 is 5.97 Å². The van der Waals surface area contributed by atoms with E-state index < -0.39 is 0 Å². The predicted molar refractivity (Wildman–Crippen MR) is 57.1 cm³/mol. The Kier molecular flexibility index (Phi) is 7.09. The van der Waals surface area contributed by atoms with Crippen molar-refractivity contribution in [1.82, 2.24) is 4.90 Å². The summed E-state index contributed by atoms with van der Waals surface area (Å²) in [4.78, 5) is 13.0. The minimum Gasteiger partial charge on any atom is -0.468 e. The average molecular weight is 205 g/mol. The van der Waals surface area contributed by atoms with E-state index in [1.54, 1.807) is 11.8 Å². The molecule has 0 N–H and O–H groups in total. The molecular formula is C9H19NO2S. The molecule has 0 bridgehead atoms. The summed E-state index contributed by atoms with van der Waals surface area (Å²) < 4.78 is 4.61. The van der Waals surface area contributed by atoms with E-state index in [0.29, 0.717) is 12.6 Å². The van der Waals surface area contributed by atoms with E-state index in [1.165, 1.54) is 7.11 Å². The van der Waals surface area contributed by atoms with E-state index in [1.807, 2.05) is 11.9 Å². The molecule has 0 saturated heterocycles. The number of carbonyl (C=O) groups excluding carboxylic acids is 1. The fourth-order valence-corrected chi connectivity index (χ4v) is 2.02. The van der Waals surface area contributed by atoms with Gasteiger partial charge in [0.05, 0.1) is 13.7 Å². The van der Waals surface area contributed by atoms with Gasteiger partial charge < -0.3 is 4.74 Å². The highest BCUT2D eigenvalue weighted by Gasteiger charge is 2.14. The number of esters is 1. The number of thioether (sulfide) groups is 1. The Labute approximate surface area is 84.8 Å². The van der Waals surface area contributed by atoms with Crippen LogP contribution in [0.2, 0.25) is 0 Å². The third kappa shape index (κ3) is 5.16. The van der Waals surface area contributed by atoms with Crippen LogP contribution in [0.25, 0.3) is 0 Å². The van der Waals surface area contributed by atoms with Crippen molar-refractivity contribution >= 4 is 17.7 Å². The SMILES string of the molecule is CCC(CSC)N(C)CC(=O)OC. The molecule has 0 aromatic carbocycles. The van der Waals surface area contributed by atoms with Crippen LogP contribution in [0, 0.1) is 0 Å². The quantitative estimate of drug-likeness (QED) is 0.610. The molecule has 3 nitrogen and oxygen atoms in total. The van der Waals surface area contributed by atoms with Gasteiger partial charge in [0.15, 0.2) is 0 Å². The zero-order valence-electron chi connectivity index (χ0n) is 8.87. The molecule has 0 amide bonds. The first-order chi connectivity index (χ1) is 6.15. The van der Waals surface area contributed by atoms with Crippen molar-refractivity contribution in [2.24, 2.45) is 0 Å². The van der Waals surface area contributed by atoms with Gasteiger partial charge in [-0.25, -0.2) is 0 Å². The second-order valence-corrected chi connectivity index (χ2v) is 3.92. The largest absolute Gasteiger partial charge is 0.468 e. The van der Waals surface area contributed by atoms with Gasteiger partial charge in [0.1, 0.15) is 0 Å². The normalized spacial score (nSPS) is 13.0. The van der Waals surface area contributed by atoms with Crippen LogP contribution < -0.4 is 0 Å². The fourth-order valence-electron chi connectivity index (χ4n) is 1.15. The standard InChI is InChI=1S/C9H19NO2S/c1-5-8(7-13-4)10(2)6-9(11)12-3/h8H,5-7H2,1-4H3. The van der Waals surface area contributed by atoms with E-state index in [0.717, 1.165) is 12.2 Å². The summed E-state index contributed by atoms with van der Waals surface area (Å²) >= 11 is 1.80. The highest BCUT2D eigenvalue weighted by Crippen LogP contribution is 2.07. The lowest BCUT2D eigenvalue weighted by Gasteiger charge is -2.25. The number of hydrogen-bond acceptors (Lipinski definition) is 4. The number of ether oxygens (including phenoxy) is 1. The zero-order chi connectivity index (χ0) is 10.3. The lowest BCUT2D eigenvalue weighted by atomic mass is 10.2. The molecule has 0 aromatic heterocycles. The van der Waals surface area contributed by atoms with Crippen molar-refractivity contribution in [3.05, 3.63) is 0 Å². The number of rotatable bonds is 6. The fraction of sp³-hybridized carbons (Fsp3) is 0.889. The van der Waals surface area contributed by atoms with Gasteiger partial charge in [-0.1, -0.05) is 6.92 Å². The van der Waals surface area contributed by atoms with E-state index in [4.69, 9.17) is 0 Å². The number of hydrogen-bond donors (Lipinski definition) is 0. The monoisotopic (exact) mass is 205 g/mol. The number of carbonyl (C=O) groups is 1. The number of methoxy groups -OCH3 is 1. The van der Waals surface area contributed by atoms with Crippen LogP contribution in [0.1, 0.15) is 13.3 Å². The minimum atomic E-state index is -0.165. The first-order valence-electron chi connectivity index (χ1n) is 4.41. The Morgan fingerprint density at radius 1 is 1.62 bits per heavy atom. The zero-order valence-corrected chi connectivity index (χ0v) is 9.69. The molecule has 0 aliphatic heterocycles. The maximum absolute atomic E-state index is 11.0. The molecule has 0 rings (SSSR count). The topological polar surface area (TPSA) is 29.5 Å².